The number of carbonyl (C=O) groups excluding carboxylic acids is 2. The van der Waals surface area contributed by atoms with Gasteiger partial charge in [-0.3, -0.25) is 9.59 Å². The second-order valence-electron chi connectivity index (χ2n) is 7.21. The predicted octanol–water partition coefficient (Wildman–Crippen LogP) is 5.08. The average molecular weight is 387 g/mol. The lowest BCUT2D eigenvalue weighted by Gasteiger charge is -2.27. The Morgan fingerprint density at radius 3 is 2.34 bits per heavy atom. The topological polar surface area (TPSA) is 62.3 Å². The van der Waals surface area contributed by atoms with Crippen molar-refractivity contribution in [3.8, 4) is 0 Å². The molecule has 5 heteroatoms. The molecule has 29 heavy (non-hydrogen) atoms. The molecule has 2 aromatic carbocycles. The van der Waals surface area contributed by atoms with Crippen LogP contribution in [-0.2, 0) is 6.54 Å². The third-order valence-electron chi connectivity index (χ3n) is 4.63. The highest BCUT2D eigenvalue weighted by Gasteiger charge is 2.19. The van der Waals surface area contributed by atoms with E-state index in [1.165, 1.54) is 6.92 Å². The first kappa shape index (κ1) is 20.3. The van der Waals surface area contributed by atoms with Crippen LogP contribution in [0.2, 0.25) is 0 Å². The maximum Gasteiger partial charge on any atom is 0.255 e. The van der Waals surface area contributed by atoms with Crippen LogP contribution in [0.15, 0.2) is 72.9 Å². The highest BCUT2D eigenvalue weighted by atomic mass is 16.2. The maximum atomic E-state index is 13.0. The Balaban J connectivity index is 1.73. The van der Waals surface area contributed by atoms with Gasteiger partial charge in [-0.15, -0.1) is 0 Å². The van der Waals surface area contributed by atoms with Crippen molar-refractivity contribution in [2.75, 3.05) is 5.32 Å². The van der Waals surface area contributed by atoms with Gasteiger partial charge in [-0.25, -0.2) is 4.98 Å². The van der Waals surface area contributed by atoms with Crippen molar-refractivity contribution in [3.63, 3.8) is 0 Å². The summed E-state index contributed by atoms with van der Waals surface area (Å²) in [5.74, 6) is 0.567. The summed E-state index contributed by atoms with van der Waals surface area (Å²) in [6.45, 7) is 6.10. The summed E-state index contributed by atoms with van der Waals surface area (Å²) in [5.41, 5.74) is 3.04. The Kier molecular flexibility index (Phi) is 6.39. The number of hydrogen-bond acceptors (Lipinski definition) is 4. The van der Waals surface area contributed by atoms with Crippen molar-refractivity contribution in [2.24, 2.45) is 0 Å². The molecule has 0 aliphatic carbocycles. The number of ketones is 1. The number of rotatable bonds is 7. The number of anilines is 2. The second-order valence-corrected chi connectivity index (χ2v) is 7.21. The summed E-state index contributed by atoms with van der Waals surface area (Å²) in [5, 5.41) is 3.17. The van der Waals surface area contributed by atoms with Crippen LogP contribution < -0.4 is 5.32 Å². The maximum absolute atomic E-state index is 13.0. The van der Waals surface area contributed by atoms with Gasteiger partial charge in [0.1, 0.15) is 5.82 Å². The van der Waals surface area contributed by atoms with Gasteiger partial charge in [-0.1, -0.05) is 42.5 Å². The lowest BCUT2D eigenvalue weighted by atomic mass is 10.1. The van der Waals surface area contributed by atoms with Gasteiger partial charge in [-0.2, -0.15) is 0 Å². The zero-order valence-corrected chi connectivity index (χ0v) is 16.9. The van der Waals surface area contributed by atoms with Crippen molar-refractivity contribution in [3.05, 3.63) is 89.6 Å². The third kappa shape index (κ3) is 5.29. The molecule has 0 fully saturated rings. The molecule has 0 bridgehead atoms. The molecule has 0 radical (unpaired) electrons. The molecule has 0 aliphatic heterocycles. The number of amides is 1. The molecule has 0 unspecified atom stereocenters. The zero-order chi connectivity index (χ0) is 20.8. The van der Waals surface area contributed by atoms with Gasteiger partial charge < -0.3 is 10.2 Å². The van der Waals surface area contributed by atoms with Gasteiger partial charge in [0.2, 0.25) is 0 Å². The van der Waals surface area contributed by atoms with Gasteiger partial charge >= 0.3 is 0 Å². The lowest BCUT2D eigenvalue weighted by molar-refractivity contribution is 0.0690. The molecule has 1 amide bonds. The van der Waals surface area contributed by atoms with Crippen LogP contribution in [0.1, 0.15) is 47.1 Å². The van der Waals surface area contributed by atoms with Crippen LogP contribution in [0.25, 0.3) is 0 Å². The third-order valence-corrected chi connectivity index (χ3v) is 4.63. The van der Waals surface area contributed by atoms with Crippen LogP contribution in [0.3, 0.4) is 0 Å². The minimum atomic E-state index is -0.0542. The molecule has 1 heterocycles. The van der Waals surface area contributed by atoms with E-state index in [0.29, 0.717) is 23.5 Å². The fourth-order valence-electron chi connectivity index (χ4n) is 2.99. The van der Waals surface area contributed by atoms with Crippen molar-refractivity contribution in [1.29, 1.82) is 0 Å². The van der Waals surface area contributed by atoms with Crippen molar-refractivity contribution >= 4 is 23.2 Å². The Hall–Kier alpha value is -3.47. The quantitative estimate of drug-likeness (QED) is 0.574. The second kappa shape index (κ2) is 9.15. The van der Waals surface area contributed by atoms with E-state index in [4.69, 9.17) is 0 Å². The fourth-order valence-corrected chi connectivity index (χ4v) is 2.99. The first-order valence-electron chi connectivity index (χ1n) is 9.63. The van der Waals surface area contributed by atoms with E-state index in [1.807, 2.05) is 61.2 Å². The first-order valence-corrected chi connectivity index (χ1v) is 9.63. The van der Waals surface area contributed by atoms with Gasteiger partial charge in [-0.05, 0) is 50.6 Å². The molecule has 0 spiro atoms. The van der Waals surface area contributed by atoms with Crippen LogP contribution in [0.5, 0.6) is 0 Å². The van der Waals surface area contributed by atoms with Gasteiger partial charge in [0.25, 0.3) is 5.91 Å². The summed E-state index contributed by atoms with van der Waals surface area (Å²) in [4.78, 5) is 30.7. The predicted molar refractivity (Wildman–Crippen MR) is 115 cm³/mol. The Morgan fingerprint density at radius 2 is 1.72 bits per heavy atom. The highest BCUT2D eigenvalue weighted by Crippen LogP contribution is 2.18. The minimum absolute atomic E-state index is 0.00902. The molecular weight excluding hydrogens is 362 g/mol. The first-order chi connectivity index (χ1) is 13.9. The SMILES string of the molecule is CC(=O)c1cccc(Nc2ccc(C(=O)N(Cc3ccccc3)C(C)C)cn2)c1. The van der Waals surface area contributed by atoms with E-state index in [9.17, 15) is 9.59 Å². The number of nitrogens with zero attached hydrogens (tertiary/aromatic N) is 2. The number of nitrogens with one attached hydrogen (secondary N) is 1. The van der Waals surface area contributed by atoms with Crippen molar-refractivity contribution in [2.45, 2.75) is 33.4 Å². The average Bonchev–Trinajstić information content (AvgIpc) is 2.73. The zero-order valence-electron chi connectivity index (χ0n) is 16.9. The number of pyridine rings is 1. The van der Waals surface area contributed by atoms with Crippen LogP contribution in [0.4, 0.5) is 11.5 Å². The number of hydrogen-bond donors (Lipinski definition) is 1. The molecule has 0 aliphatic rings. The van der Waals surface area contributed by atoms with E-state index in [-0.39, 0.29) is 17.7 Å². The van der Waals surface area contributed by atoms with E-state index >= 15 is 0 Å². The lowest BCUT2D eigenvalue weighted by Crippen LogP contribution is -2.36. The van der Waals surface area contributed by atoms with E-state index in [0.717, 1.165) is 11.3 Å². The fraction of sp³-hybridized carbons (Fsp3) is 0.208. The molecular formula is C24H25N3O2. The number of benzene rings is 2. The summed E-state index contributed by atoms with van der Waals surface area (Å²) in [6.07, 6.45) is 1.58. The standard InChI is InChI=1S/C24H25N3O2/c1-17(2)27(16-19-8-5-4-6-9-19)24(29)21-12-13-23(25-15-21)26-22-11-7-10-20(14-22)18(3)28/h4-15,17H,16H2,1-3H3,(H,25,26). The van der Waals surface area contributed by atoms with Crippen LogP contribution >= 0.6 is 0 Å². The van der Waals surface area contributed by atoms with Gasteiger partial charge in [0.05, 0.1) is 5.56 Å². The molecule has 3 rings (SSSR count). The summed E-state index contributed by atoms with van der Waals surface area (Å²) >= 11 is 0. The van der Waals surface area contributed by atoms with E-state index in [2.05, 4.69) is 10.3 Å². The molecule has 3 aromatic rings. The molecule has 0 saturated heterocycles. The normalized spacial score (nSPS) is 10.6. The summed E-state index contributed by atoms with van der Waals surface area (Å²) in [7, 11) is 0. The molecule has 1 N–H and O–H groups in total. The number of Topliss-reactive ketones (excluding diaryl/α,β-unsaturated/α-hetero) is 1. The molecule has 0 saturated carbocycles. The molecule has 1 aromatic heterocycles. The molecule has 5 nitrogen and oxygen atoms in total. The van der Waals surface area contributed by atoms with Gasteiger partial charge in [0, 0.05) is 30.0 Å². The van der Waals surface area contributed by atoms with E-state index in [1.54, 1.807) is 30.5 Å². The monoisotopic (exact) mass is 387 g/mol. The molecule has 148 valence electrons. The van der Waals surface area contributed by atoms with Crippen LogP contribution in [0, 0.1) is 0 Å². The Labute approximate surface area is 171 Å². The number of carbonyl (C=O) groups is 2. The largest absolute Gasteiger partial charge is 0.340 e. The molecule has 0 atom stereocenters. The van der Waals surface area contributed by atoms with E-state index < -0.39 is 0 Å². The van der Waals surface area contributed by atoms with Crippen LogP contribution in [-0.4, -0.2) is 27.6 Å². The minimum Gasteiger partial charge on any atom is -0.340 e. The Bertz CT molecular complexity index is 983. The number of aromatic nitrogens is 1. The van der Waals surface area contributed by atoms with Gasteiger partial charge in [0.15, 0.2) is 5.78 Å². The summed E-state index contributed by atoms with van der Waals surface area (Å²) < 4.78 is 0. The summed E-state index contributed by atoms with van der Waals surface area (Å²) in [6, 6.07) is 20.8. The van der Waals surface area contributed by atoms with Crippen molar-refractivity contribution < 1.29 is 9.59 Å². The Morgan fingerprint density at radius 1 is 0.966 bits per heavy atom. The van der Waals surface area contributed by atoms with Crippen molar-refractivity contribution in [1.82, 2.24) is 9.88 Å². The smallest absolute Gasteiger partial charge is 0.255 e. The highest BCUT2D eigenvalue weighted by molar-refractivity contribution is 5.95.